The van der Waals surface area contributed by atoms with Gasteiger partial charge in [0.2, 0.25) is 0 Å². The Morgan fingerprint density at radius 2 is 1.85 bits per heavy atom. The van der Waals surface area contributed by atoms with E-state index in [0.717, 1.165) is 5.56 Å². The average molecular weight is 463 g/mol. The molecule has 1 heterocycles. The topological polar surface area (TPSA) is 119 Å². The van der Waals surface area contributed by atoms with Crippen LogP contribution < -0.4 is 15.5 Å². The summed E-state index contributed by atoms with van der Waals surface area (Å²) in [5.74, 6) is 0.191. The van der Waals surface area contributed by atoms with Gasteiger partial charge in [0.1, 0.15) is 17.3 Å². The number of hydrazone groups is 1. The van der Waals surface area contributed by atoms with Crippen molar-refractivity contribution in [3.8, 4) is 17.1 Å². The molecule has 9 nitrogen and oxygen atoms in total. The highest BCUT2D eigenvalue weighted by Crippen LogP contribution is 2.23. The number of para-hydroxylation sites is 1. The highest BCUT2D eigenvalue weighted by Gasteiger charge is 2.10. The number of benzene rings is 2. The third-order valence-electron chi connectivity index (χ3n) is 4.56. The number of carbonyl (C=O) groups is 3. The number of hydrogen-bond donors (Lipinski definition) is 2. The predicted molar refractivity (Wildman–Crippen MR) is 126 cm³/mol. The minimum absolute atomic E-state index is 0.200. The predicted octanol–water partition coefficient (Wildman–Crippen LogP) is 3.08. The molecule has 0 fully saturated rings. The molecular weight excluding hydrogens is 438 g/mol. The van der Waals surface area contributed by atoms with Crippen molar-refractivity contribution in [2.75, 3.05) is 19.8 Å². The zero-order chi connectivity index (χ0) is 24.3. The molecule has 0 aliphatic rings. The Hall–Kier alpha value is -4.40. The van der Waals surface area contributed by atoms with Crippen LogP contribution >= 0.6 is 0 Å². The molecular formula is C25H25N3O6. The molecule has 3 rings (SSSR count). The van der Waals surface area contributed by atoms with E-state index >= 15 is 0 Å². The number of nitrogens with zero attached hydrogens (tertiary/aromatic N) is 1. The van der Waals surface area contributed by atoms with Crippen molar-refractivity contribution in [3.63, 3.8) is 0 Å². The SMILES string of the molecule is CCOC(=O)c1cccc(-c2ccc(/C=N\NC(=O)CNC(=O)COc3ccccc3C)o2)c1. The molecule has 34 heavy (non-hydrogen) atoms. The summed E-state index contributed by atoms with van der Waals surface area (Å²) >= 11 is 0. The summed E-state index contributed by atoms with van der Waals surface area (Å²) < 4.78 is 16.1. The third-order valence-corrected chi connectivity index (χ3v) is 4.56. The molecule has 2 amide bonds. The van der Waals surface area contributed by atoms with Gasteiger partial charge < -0.3 is 19.2 Å². The fourth-order valence-electron chi connectivity index (χ4n) is 2.89. The Morgan fingerprint density at radius 3 is 2.65 bits per heavy atom. The van der Waals surface area contributed by atoms with Crippen LogP contribution in [0.15, 0.2) is 70.2 Å². The first-order valence-electron chi connectivity index (χ1n) is 10.6. The molecule has 0 aliphatic heterocycles. The van der Waals surface area contributed by atoms with E-state index in [2.05, 4.69) is 15.8 Å². The number of aryl methyl sites for hydroxylation is 1. The van der Waals surface area contributed by atoms with Gasteiger partial charge >= 0.3 is 5.97 Å². The van der Waals surface area contributed by atoms with Gasteiger partial charge in [0.05, 0.1) is 24.9 Å². The molecule has 2 N–H and O–H groups in total. The number of furan rings is 1. The van der Waals surface area contributed by atoms with E-state index in [0.29, 0.717) is 35.0 Å². The number of carbonyl (C=O) groups excluding carboxylic acids is 3. The second kappa shape index (κ2) is 12.0. The van der Waals surface area contributed by atoms with Crippen LogP contribution in [0, 0.1) is 6.92 Å². The van der Waals surface area contributed by atoms with E-state index in [-0.39, 0.29) is 13.2 Å². The first kappa shape index (κ1) is 24.2. The largest absolute Gasteiger partial charge is 0.484 e. The van der Waals surface area contributed by atoms with Crippen molar-refractivity contribution in [3.05, 3.63) is 77.6 Å². The van der Waals surface area contributed by atoms with Gasteiger partial charge in [0, 0.05) is 5.56 Å². The number of amides is 2. The Bertz CT molecular complexity index is 1180. The second-order valence-corrected chi connectivity index (χ2v) is 7.13. The van der Waals surface area contributed by atoms with Crippen molar-refractivity contribution in [1.82, 2.24) is 10.7 Å². The van der Waals surface area contributed by atoms with Gasteiger partial charge in [-0.1, -0.05) is 30.3 Å². The summed E-state index contributed by atoms with van der Waals surface area (Å²) in [6.07, 6.45) is 1.33. The lowest BCUT2D eigenvalue weighted by atomic mass is 10.1. The smallest absolute Gasteiger partial charge is 0.338 e. The first-order chi connectivity index (χ1) is 16.5. The van der Waals surface area contributed by atoms with Crippen LogP contribution in [0.1, 0.15) is 28.6 Å². The van der Waals surface area contributed by atoms with Gasteiger partial charge in [-0.3, -0.25) is 9.59 Å². The standard InChI is InChI=1S/C25H25N3O6/c1-3-32-25(31)19-9-6-8-18(13-19)22-12-11-20(34-22)14-27-28-23(29)15-26-24(30)16-33-21-10-5-4-7-17(21)2/h4-14H,3,15-16H2,1-2H3,(H,26,30)(H,28,29)/b27-14-. The number of esters is 1. The zero-order valence-corrected chi connectivity index (χ0v) is 18.9. The van der Waals surface area contributed by atoms with Crippen molar-refractivity contribution in [1.29, 1.82) is 0 Å². The summed E-state index contributed by atoms with van der Waals surface area (Å²) in [7, 11) is 0. The van der Waals surface area contributed by atoms with Crippen LogP contribution in [0.25, 0.3) is 11.3 Å². The second-order valence-electron chi connectivity index (χ2n) is 7.13. The van der Waals surface area contributed by atoms with Crippen molar-refractivity contribution in [2.45, 2.75) is 13.8 Å². The van der Waals surface area contributed by atoms with E-state index in [1.165, 1.54) is 6.21 Å². The molecule has 0 bridgehead atoms. The first-order valence-corrected chi connectivity index (χ1v) is 10.6. The Labute approximate surface area is 196 Å². The fourth-order valence-corrected chi connectivity index (χ4v) is 2.89. The van der Waals surface area contributed by atoms with E-state index in [1.54, 1.807) is 49.4 Å². The average Bonchev–Trinajstić information content (AvgIpc) is 3.31. The van der Waals surface area contributed by atoms with Gasteiger partial charge in [0.15, 0.2) is 6.61 Å². The molecule has 9 heteroatoms. The fraction of sp³-hybridized carbons (Fsp3) is 0.200. The monoisotopic (exact) mass is 463 g/mol. The molecule has 0 aliphatic carbocycles. The van der Waals surface area contributed by atoms with Gasteiger partial charge in [-0.15, -0.1) is 0 Å². The maximum atomic E-state index is 11.9. The molecule has 0 saturated carbocycles. The van der Waals surface area contributed by atoms with E-state index in [1.807, 2.05) is 25.1 Å². The van der Waals surface area contributed by atoms with Crippen LogP contribution in [0.4, 0.5) is 0 Å². The van der Waals surface area contributed by atoms with Crippen molar-refractivity contribution < 1.29 is 28.3 Å². The quantitative estimate of drug-likeness (QED) is 0.271. The van der Waals surface area contributed by atoms with Crippen molar-refractivity contribution >= 4 is 24.0 Å². The summed E-state index contributed by atoms with van der Waals surface area (Å²) in [5, 5.41) is 6.29. The molecule has 1 aromatic heterocycles. The number of ether oxygens (including phenoxy) is 2. The van der Waals surface area contributed by atoms with E-state index in [9.17, 15) is 14.4 Å². The third kappa shape index (κ3) is 7.06. The molecule has 0 spiro atoms. The summed E-state index contributed by atoms with van der Waals surface area (Å²) in [5.41, 5.74) is 4.34. The van der Waals surface area contributed by atoms with Crippen molar-refractivity contribution in [2.24, 2.45) is 5.10 Å². The normalized spacial score (nSPS) is 10.6. The Balaban J connectivity index is 1.45. The maximum absolute atomic E-state index is 11.9. The Morgan fingerprint density at radius 1 is 1.03 bits per heavy atom. The summed E-state index contributed by atoms with van der Waals surface area (Å²) in [4.78, 5) is 35.7. The molecule has 2 aromatic carbocycles. The lowest BCUT2D eigenvalue weighted by Gasteiger charge is -2.08. The highest BCUT2D eigenvalue weighted by molar-refractivity contribution is 5.91. The molecule has 0 saturated heterocycles. The van der Waals surface area contributed by atoms with Crippen LogP contribution in [-0.2, 0) is 14.3 Å². The lowest BCUT2D eigenvalue weighted by molar-refractivity contribution is -0.127. The molecule has 0 unspecified atom stereocenters. The van der Waals surface area contributed by atoms with E-state index in [4.69, 9.17) is 13.9 Å². The van der Waals surface area contributed by atoms with Crippen LogP contribution in [0.5, 0.6) is 5.75 Å². The van der Waals surface area contributed by atoms with E-state index < -0.39 is 17.8 Å². The van der Waals surface area contributed by atoms with Gasteiger partial charge in [-0.05, 0) is 49.7 Å². The highest BCUT2D eigenvalue weighted by atomic mass is 16.5. The molecule has 176 valence electrons. The number of nitrogens with one attached hydrogen (secondary N) is 2. The van der Waals surface area contributed by atoms with Crippen LogP contribution in [0.3, 0.4) is 0 Å². The zero-order valence-electron chi connectivity index (χ0n) is 18.9. The molecule has 3 aromatic rings. The summed E-state index contributed by atoms with van der Waals surface area (Å²) in [6, 6.07) is 17.6. The minimum atomic E-state index is -0.505. The van der Waals surface area contributed by atoms with Crippen LogP contribution in [0.2, 0.25) is 0 Å². The number of rotatable bonds is 10. The van der Waals surface area contributed by atoms with Crippen LogP contribution in [-0.4, -0.2) is 43.8 Å². The molecule has 0 atom stereocenters. The minimum Gasteiger partial charge on any atom is -0.484 e. The maximum Gasteiger partial charge on any atom is 0.338 e. The van der Waals surface area contributed by atoms with Gasteiger partial charge in [0.25, 0.3) is 11.8 Å². The van der Waals surface area contributed by atoms with Gasteiger partial charge in [-0.25, -0.2) is 10.2 Å². The summed E-state index contributed by atoms with van der Waals surface area (Å²) in [6.45, 7) is 3.46. The Kier molecular flexibility index (Phi) is 8.56. The number of hydrogen-bond acceptors (Lipinski definition) is 7. The van der Waals surface area contributed by atoms with Gasteiger partial charge in [-0.2, -0.15) is 5.10 Å². The molecule has 0 radical (unpaired) electrons. The lowest BCUT2D eigenvalue weighted by Crippen LogP contribution is -2.37.